The van der Waals surface area contributed by atoms with Gasteiger partial charge >= 0.3 is 5.97 Å². The van der Waals surface area contributed by atoms with Crippen molar-refractivity contribution in [1.82, 2.24) is 4.90 Å². The minimum atomic E-state index is -1.02. The van der Waals surface area contributed by atoms with Gasteiger partial charge in [-0.05, 0) is 31.5 Å². The highest BCUT2D eigenvalue weighted by molar-refractivity contribution is 5.97. The van der Waals surface area contributed by atoms with Gasteiger partial charge in [0.2, 0.25) is 0 Å². The molecule has 6 heteroatoms. The maximum Gasteiger partial charge on any atom is 0.326 e. The van der Waals surface area contributed by atoms with Crippen LogP contribution < -0.4 is 9.47 Å². The summed E-state index contributed by atoms with van der Waals surface area (Å²) >= 11 is 0. The molecule has 0 aliphatic heterocycles. The van der Waals surface area contributed by atoms with E-state index in [2.05, 4.69) is 0 Å². The van der Waals surface area contributed by atoms with Crippen LogP contribution in [-0.4, -0.2) is 48.7 Å². The first-order valence-corrected chi connectivity index (χ1v) is 6.77. The number of rotatable bonds is 7. The first-order valence-electron chi connectivity index (χ1n) is 6.77. The normalized spacial score (nSPS) is 11.6. The molecule has 1 aromatic carbocycles. The van der Waals surface area contributed by atoms with Crippen LogP contribution in [0.15, 0.2) is 18.2 Å². The molecule has 0 fully saturated rings. The molecule has 0 aromatic heterocycles. The summed E-state index contributed by atoms with van der Waals surface area (Å²) in [6.07, 6.45) is 0.339. The second kappa shape index (κ2) is 7.52. The van der Waals surface area contributed by atoms with Gasteiger partial charge in [-0.15, -0.1) is 0 Å². The van der Waals surface area contributed by atoms with Crippen LogP contribution in [0.3, 0.4) is 0 Å². The van der Waals surface area contributed by atoms with Crippen molar-refractivity contribution in [3.8, 4) is 11.5 Å². The van der Waals surface area contributed by atoms with Gasteiger partial charge in [-0.1, -0.05) is 6.92 Å². The number of hydrogen-bond acceptors (Lipinski definition) is 4. The lowest BCUT2D eigenvalue weighted by Gasteiger charge is -2.24. The Balaban J connectivity index is 3.04. The first-order chi connectivity index (χ1) is 9.96. The van der Waals surface area contributed by atoms with Crippen molar-refractivity contribution >= 4 is 11.9 Å². The minimum absolute atomic E-state index is 0.339. The first kappa shape index (κ1) is 16.8. The number of hydrogen-bond donors (Lipinski definition) is 1. The second-order valence-electron chi connectivity index (χ2n) is 4.48. The molecular weight excluding hydrogens is 274 g/mol. The number of carbonyl (C=O) groups excluding carboxylic acids is 1. The summed E-state index contributed by atoms with van der Waals surface area (Å²) in [5, 5.41) is 9.12. The van der Waals surface area contributed by atoms with E-state index in [0.29, 0.717) is 30.1 Å². The minimum Gasteiger partial charge on any atom is -0.493 e. The maximum absolute atomic E-state index is 12.4. The third-order valence-corrected chi connectivity index (χ3v) is 3.17. The van der Waals surface area contributed by atoms with Crippen molar-refractivity contribution < 1.29 is 24.2 Å². The molecule has 1 N–H and O–H groups in total. The van der Waals surface area contributed by atoms with Crippen LogP contribution in [-0.2, 0) is 4.79 Å². The number of carbonyl (C=O) groups is 2. The number of amides is 1. The largest absolute Gasteiger partial charge is 0.493 e. The standard InChI is InChI=1S/C15H21NO5/c1-5-11(15(18)19)16(3)14(17)10-7-8-12(21-6-2)13(9-10)20-4/h7-9,11H,5-6H2,1-4H3,(H,18,19). The molecule has 0 aliphatic rings. The van der Waals surface area contributed by atoms with Crippen LogP contribution in [0, 0.1) is 0 Å². The highest BCUT2D eigenvalue weighted by atomic mass is 16.5. The Hall–Kier alpha value is -2.24. The van der Waals surface area contributed by atoms with Gasteiger partial charge in [0.1, 0.15) is 6.04 Å². The molecule has 0 saturated carbocycles. The van der Waals surface area contributed by atoms with E-state index in [1.807, 2.05) is 6.92 Å². The Labute approximate surface area is 124 Å². The molecule has 1 rings (SSSR count). The molecule has 0 spiro atoms. The zero-order chi connectivity index (χ0) is 16.0. The van der Waals surface area contributed by atoms with Gasteiger partial charge in [0.25, 0.3) is 5.91 Å². The second-order valence-corrected chi connectivity index (χ2v) is 4.48. The van der Waals surface area contributed by atoms with E-state index in [9.17, 15) is 9.59 Å². The molecule has 1 atom stereocenters. The number of carboxylic acids is 1. The van der Waals surface area contributed by atoms with Gasteiger partial charge in [0, 0.05) is 12.6 Å². The van der Waals surface area contributed by atoms with E-state index < -0.39 is 12.0 Å². The summed E-state index contributed by atoms with van der Waals surface area (Å²) < 4.78 is 10.6. The van der Waals surface area contributed by atoms with Crippen molar-refractivity contribution in [3.05, 3.63) is 23.8 Å². The number of nitrogens with zero attached hydrogens (tertiary/aromatic N) is 1. The molecule has 0 bridgehead atoms. The number of aliphatic carboxylic acids is 1. The number of ether oxygens (including phenoxy) is 2. The van der Waals surface area contributed by atoms with Crippen LogP contribution in [0.2, 0.25) is 0 Å². The summed E-state index contributed by atoms with van der Waals surface area (Å²) in [4.78, 5) is 24.7. The Morgan fingerprint density at radius 3 is 2.43 bits per heavy atom. The Morgan fingerprint density at radius 1 is 1.29 bits per heavy atom. The van der Waals surface area contributed by atoms with E-state index >= 15 is 0 Å². The molecule has 21 heavy (non-hydrogen) atoms. The van der Waals surface area contributed by atoms with Crippen LogP contribution in [0.5, 0.6) is 11.5 Å². The lowest BCUT2D eigenvalue weighted by molar-refractivity contribution is -0.142. The van der Waals surface area contributed by atoms with E-state index in [4.69, 9.17) is 14.6 Å². The van der Waals surface area contributed by atoms with Gasteiger partial charge in [-0.2, -0.15) is 0 Å². The smallest absolute Gasteiger partial charge is 0.326 e. The van der Waals surface area contributed by atoms with E-state index in [0.717, 1.165) is 0 Å². The van der Waals surface area contributed by atoms with E-state index in [-0.39, 0.29) is 5.91 Å². The van der Waals surface area contributed by atoms with Crippen molar-refractivity contribution in [2.24, 2.45) is 0 Å². The summed E-state index contributed by atoms with van der Waals surface area (Å²) in [6.45, 7) is 4.06. The van der Waals surface area contributed by atoms with Crippen LogP contribution in [0.25, 0.3) is 0 Å². The average molecular weight is 295 g/mol. The fourth-order valence-corrected chi connectivity index (χ4v) is 2.03. The lowest BCUT2D eigenvalue weighted by atomic mass is 10.1. The van der Waals surface area contributed by atoms with E-state index in [1.165, 1.54) is 19.1 Å². The quantitative estimate of drug-likeness (QED) is 0.833. The zero-order valence-corrected chi connectivity index (χ0v) is 12.8. The number of likely N-dealkylation sites (N-methyl/N-ethyl adjacent to an activating group) is 1. The third kappa shape index (κ3) is 3.87. The predicted molar refractivity (Wildman–Crippen MR) is 78.0 cm³/mol. The summed E-state index contributed by atoms with van der Waals surface area (Å²) in [6, 6.07) is 3.94. The molecule has 0 saturated heterocycles. The van der Waals surface area contributed by atoms with Gasteiger partial charge < -0.3 is 19.5 Å². The molecule has 1 amide bonds. The highest BCUT2D eigenvalue weighted by Crippen LogP contribution is 2.28. The van der Waals surface area contributed by atoms with Crippen molar-refractivity contribution in [2.45, 2.75) is 26.3 Å². The van der Waals surface area contributed by atoms with Gasteiger partial charge in [0.15, 0.2) is 11.5 Å². The molecule has 0 aliphatic carbocycles. The zero-order valence-electron chi connectivity index (χ0n) is 12.8. The van der Waals surface area contributed by atoms with E-state index in [1.54, 1.807) is 25.1 Å². The molecule has 116 valence electrons. The highest BCUT2D eigenvalue weighted by Gasteiger charge is 2.26. The molecule has 0 radical (unpaired) electrons. The monoisotopic (exact) mass is 295 g/mol. The molecular formula is C15H21NO5. The number of benzene rings is 1. The summed E-state index contributed by atoms with van der Waals surface area (Å²) in [7, 11) is 2.97. The third-order valence-electron chi connectivity index (χ3n) is 3.17. The molecule has 1 aromatic rings. The van der Waals surface area contributed by atoms with Crippen LogP contribution in [0.1, 0.15) is 30.6 Å². The fourth-order valence-electron chi connectivity index (χ4n) is 2.03. The van der Waals surface area contributed by atoms with Crippen LogP contribution in [0.4, 0.5) is 0 Å². The Morgan fingerprint density at radius 2 is 1.95 bits per heavy atom. The Bertz CT molecular complexity index is 515. The van der Waals surface area contributed by atoms with Crippen molar-refractivity contribution in [3.63, 3.8) is 0 Å². The fraction of sp³-hybridized carbons (Fsp3) is 0.467. The number of carboxylic acid groups (broad SMARTS) is 1. The lowest BCUT2D eigenvalue weighted by Crippen LogP contribution is -2.41. The summed E-state index contributed by atoms with van der Waals surface area (Å²) in [5.74, 6) is -0.402. The SMILES string of the molecule is CCOc1ccc(C(=O)N(C)C(CC)C(=O)O)cc1OC. The van der Waals surface area contributed by atoms with Gasteiger partial charge in [0.05, 0.1) is 13.7 Å². The molecule has 1 unspecified atom stereocenters. The van der Waals surface area contributed by atoms with Gasteiger partial charge in [-0.25, -0.2) is 4.79 Å². The maximum atomic E-state index is 12.4. The molecule has 0 heterocycles. The van der Waals surface area contributed by atoms with Crippen molar-refractivity contribution in [2.75, 3.05) is 20.8 Å². The van der Waals surface area contributed by atoms with Crippen molar-refractivity contribution in [1.29, 1.82) is 0 Å². The topological polar surface area (TPSA) is 76.1 Å². The van der Waals surface area contributed by atoms with Gasteiger partial charge in [-0.3, -0.25) is 4.79 Å². The van der Waals surface area contributed by atoms with Crippen LogP contribution >= 0.6 is 0 Å². The molecule has 6 nitrogen and oxygen atoms in total. The number of methoxy groups -OCH3 is 1. The average Bonchev–Trinajstić information content (AvgIpc) is 2.47. The Kier molecular flexibility index (Phi) is 6.02. The predicted octanol–water partition coefficient (Wildman–Crippen LogP) is 2.03. The summed E-state index contributed by atoms with van der Waals surface area (Å²) in [5.41, 5.74) is 0.359.